The van der Waals surface area contributed by atoms with Crippen molar-refractivity contribution in [3.63, 3.8) is 0 Å². The number of carbonyl (C=O) groups is 1. The minimum atomic E-state index is -0.148. The van der Waals surface area contributed by atoms with Crippen molar-refractivity contribution in [2.24, 2.45) is 0 Å². The van der Waals surface area contributed by atoms with E-state index in [1.54, 1.807) is 30.3 Å². The molecule has 1 aliphatic heterocycles. The number of ketones is 1. The second-order valence-electron chi connectivity index (χ2n) is 5.64. The van der Waals surface area contributed by atoms with E-state index < -0.39 is 0 Å². The topological polar surface area (TPSA) is 48.7 Å². The highest BCUT2D eigenvalue weighted by Gasteiger charge is 2.28. The van der Waals surface area contributed by atoms with Gasteiger partial charge in [-0.3, -0.25) is 4.79 Å². The molecule has 0 saturated heterocycles. The molecule has 0 saturated carbocycles. The van der Waals surface area contributed by atoms with Crippen molar-refractivity contribution < 1.29 is 18.7 Å². The molecule has 2 aromatic rings. The van der Waals surface area contributed by atoms with Gasteiger partial charge in [0.05, 0.1) is 5.56 Å². The molecule has 118 valence electrons. The lowest BCUT2D eigenvalue weighted by Crippen LogP contribution is -1.97. The molecule has 0 unspecified atom stereocenters. The number of aryl methyl sites for hydroxylation is 1. The van der Waals surface area contributed by atoms with Crippen molar-refractivity contribution in [1.82, 2.24) is 0 Å². The number of furan rings is 1. The molecule has 2 heterocycles. The molecule has 3 rings (SSSR count). The van der Waals surface area contributed by atoms with E-state index in [0.717, 1.165) is 5.76 Å². The lowest BCUT2D eigenvalue weighted by molar-refractivity contribution is 0.101. The number of allylic oxidation sites excluding steroid dienone is 2. The standard InChI is InChI=1S/C19H18O4/c1-12(2)8-9-21-14-6-7-16-17(10-14)23-18(19(16)20)11-15-5-4-13(3)22-15/h4-8,10-11H,9H2,1-3H3/b18-11+. The van der Waals surface area contributed by atoms with Gasteiger partial charge in [-0.05, 0) is 51.1 Å². The van der Waals surface area contributed by atoms with Gasteiger partial charge in [-0.15, -0.1) is 0 Å². The first-order valence-electron chi connectivity index (χ1n) is 7.44. The number of fused-ring (bicyclic) bond motifs is 1. The highest BCUT2D eigenvalue weighted by Crippen LogP contribution is 2.35. The number of ether oxygens (including phenoxy) is 2. The molecular formula is C19H18O4. The molecule has 0 radical (unpaired) electrons. The summed E-state index contributed by atoms with van der Waals surface area (Å²) in [5.41, 5.74) is 1.73. The van der Waals surface area contributed by atoms with Crippen LogP contribution in [0.1, 0.15) is 35.7 Å². The maximum absolute atomic E-state index is 12.3. The first-order chi connectivity index (χ1) is 11.0. The second kappa shape index (κ2) is 6.16. The molecule has 23 heavy (non-hydrogen) atoms. The number of benzene rings is 1. The van der Waals surface area contributed by atoms with Crippen molar-refractivity contribution in [2.75, 3.05) is 6.61 Å². The second-order valence-corrected chi connectivity index (χ2v) is 5.64. The molecule has 0 atom stereocenters. The van der Waals surface area contributed by atoms with Crippen LogP contribution in [0.15, 0.2) is 52.2 Å². The smallest absolute Gasteiger partial charge is 0.232 e. The Morgan fingerprint density at radius 2 is 2.04 bits per heavy atom. The van der Waals surface area contributed by atoms with Crippen molar-refractivity contribution in [1.29, 1.82) is 0 Å². The molecule has 1 aromatic carbocycles. The van der Waals surface area contributed by atoms with Gasteiger partial charge in [0.25, 0.3) is 0 Å². The molecule has 0 aliphatic carbocycles. The first kappa shape index (κ1) is 15.2. The Balaban J connectivity index is 1.79. The molecule has 0 N–H and O–H groups in total. The zero-order valence-electron chi connectivity index (χ0n) is 13.4. The number of hydrogen-bond acceptors (Lipinski definition) is 4. The fourth-order valence-electron chi connectivity index (χ4n) is 2.22. The summed E-state index contributed by atoms with van der Waals surface area (Å²) in [6, 6.07) is 8.88. The van der Waals surface area contributed by atoms with Gasteiger partial charge >= 0.3 is 0 Å². The summed E-state index contributed by atoms with van der Waals surface area (Å²) < 4.78 is 16.7. The summed E-state index contributed by atoms with van der Waals surface area (Å²) in [5.74, 6) is 2.68. The van der Waals surface area contributed by atoms with Gasteiger partial charge in [0, 0.05) is 12.1 Å². The van der Waals surface area contributed by atoms with Crippen LogP contribution in [0, 0.1) is 6.92 Å². The van der Waals surface area contributed by atoms with Gasteiger partial charge < -0.3 is 13.9 Å². The molecule has 0 spiro atoms. The molecule has 0 fully saturated rings. The third-order valence-electron chi connectivity index (χ3n) is 3.42. The normalized spacial score (nSPS) is 14.6. The van der Waals surface area contributed by atoms with Crippen molar-refractivity contribution in [3.05, 3.63) is 64.8 Å². The Kier molecular flexibility index (Phi) is 4.06. The highest BCUT2D eigenvalue weighted by molar-refractivity contribution is 6.14. The molecule has 0 amide bonds. The van der Waals surface area contributed by atoms with Gasteiger partial charge in [0.15, 0.2) is 5.76 Å². The van der Waals surface area contributed by atoms with Gasteiger partial charge in [-0.2, -0.15) is 0 Å². The van der Waals surface area contributed by atoms with Crippen LogP contribution >= 0.6 is 0 Å². The summed E-state index contributed by atoms with van der Waals surface area (Å²) in [4.78, 5) is 12.3. The Hall–Kier alpha value is -2.75. The van der Waals surface area contributed by atoms with E-state index in [-0.39, 0.29) is 11.5 Å². The largest absolute Gasteiger partial charge is 0.489 e. The third kappa shape index (κ3) is 3.37. The number of hydrogen-bond donors (Lipinski definition) is 0. The maximum atomic E-state index is 12.3. The third-order valence-corrected chi connectivity index (χ3v) is 3.42. The number of carbonyl (C=O) groups excluding carboxylic acids is 1. The Morgan fingerprint density at radius 1 is 1.22 bits per heavy atom. The molecule has 1 aliphatic rings. The predicted molar refractivity (Wildman–Crippen MR) is 87.7 cm³/mol. The molecule has 1 aromatic heterocycles. The highest BCUT2D eigenvalue weighted by atomic mass is 16.5. The van der Waals surface area contributed by atoms with Crippen LogP contribution in [0.4, 0.5) is 0 Å². The number of Topliss-reactive ketones (excluding diaryl/α,β-unsaturated/α-hetero) is 1. The van der Waals surface area contributed by atoms with Gasteiger partial charge in [-0.1, -0.05) is 5.57 Å². The van der Waals surface area contributed by atoms with Crippen LogP contribution in [0.5, 0.6) is 11.5 Å². The summed E-state index contributed by atoms with van der Waals surface area (Å²) in [6.07, 6.45) is 3.60. The van der Waals surface area contributed by atoms with Crippen molar-refractivity contribution in [3.8, 4) is 11.5 Å². The fourth-order valence-corrected chi connectivity index (χ4v) is 2.22. The number of rotatable bonds is 4. The monoisotopic (exact) mass is 310 g/mol. The van der Waals surface area contributed by atoms with Crippen LogP contribution < -0.4 is 9.47 Å². The zero-order valence-corrected chi connectivity index (χ0v) is 13.4. The molecule has 0 bridgehead atoms. The van der Waals surface area contributed by atoms with E-state index in [1.165, 1.54) is 5.57 Å². The molecule has 4 heteroatoms. The molecular weight excluding hydrogens is 292 g/mol. The van der Waals surface area contributed by atoms with E-state index in [0.29, 0.717) is 29.4 Å². The SMILES string of the molecule is CC(C)=CCOc1ccc2c(c1)O/C(=C/c1ccc(C)o1)C2=O. The first-order valence-corrected chi connectivity index (χ1v) is 7.44. The van der Waals surface area contributed by atoms with Gasteiger partial charge in [-0.25, -0.2) is 0 Å². The predicted octanol–water partition coefficient (Wildman–Crippen LogP) is 4.55. The minimum absolute atomic E-state index is 0.148. The Bertz CT molecular complexity index is 805. The van der Waals surface area contributed by atoms with Crippen molar-refractivity contribution in [2.45, 2.75) is 20.8 Å². The quantitative estimate of drug-likeness (QED) is 0.614. The van der Waals surface area contributed by atoms with Crippen LogP contribution in [-0.4, -0.2) is 12.4 Å². The lowest BCUT2D eigenvalue weighted by atomic mass is 10.1. The van der Waals surface area contributed by atoms with Crippen molar-refractivity contribution >= 4 is 11.9 Å². The Labute approximate surface area is 135 Å². The maximum Gasteiger partial charge on any atom is 0.232 e. The lowest BCUT2D eigenvalue weighted by Gasteiger charge is -2.05. The van der Waals surface area contributed by atoms with Gasteiger partial charge in [0.2, 0.25) is 5.78 Å². The van der Waals surface area contributed by atoms with E-state index in [4.69, 9.17) is 13.9 Å². The van der Waals surface area contributed by atoms with E-state index in [9.17, 15) is 4.79 Å². The van der Waals surface area contributed by atoms with Gasteiger partial charge in [0.1, 0.15) is 29.6 Å². The van der Waals surface area contributed by atoms with E-state index >= 15 is 0 Å². The van der Waals surface area contributed by atoms with E-state index in [2.05, 4.69) is 0 Å². The summed E-state index contributed by atoms with van der Waals surface area (Å²) in [7, 11) is 0. The van der Waals surface area contributed by atoms with Crippen LogP contribution in [0.2, 0.25) is 0 Å². The van der Waals surface area contributed by atoms with Crippen LogP contribution in [0.3, 0.4) is 0 Å². The average Bonchev–Trinajstić information content (AvgIpc) is 3.03. The summed E-state index contributed by atoms with van der Waals surface area (Å²) in [5, 5.41) is 0. The fraction of sp³-hybridized carbons (Fsp3) is 0.211. The average molecular weight is 310 g/mol. The Morgan fingerprint density at radius 3 is 2.74 bits per heavy atom. The van der Waals surface area contributed by atoms with Crippen LogP contribution in [0.25, 0.3) is 6.08 Å². The van der Waals surface area contributed by atoms with E-state index in [1.807, 2.05) is 32.9 Å². The van der Waals surface area contributed by atoms with Crippen LogP contribution in [-0.2, 0) is 0 Å². The molecule has 4 nitrogen and oxygen atoms in total. The zero-order chi connectivity index (χ0) is 16.4. The summed E-state index contributed by atoms with van der Waals surface area (Å²) in [6.45, 7) is 6.37. The summed E-state index contributed by atoms with van der Waals surface area (Å²) >= 11 is 0. The minimum Gasteiger partial charge on any atom is -0.489 e.